The molecule has 3 aromatic rings. The van der Waals surface area contributed by atoms with Crippen LogP contribution in [-0.4, -0.2) is 35.9 Å². The van der Waals surface area contributed by atoms with Crippen LogP contribution in [0, 0.1) is 0 Å². The number of piperidine rings is 1. The maximum Gasteiger partial charge on any atom is 0.291 e. The predicted molar refractivity (Wildman–Crippen MR) is 109 cm³/mol. The normalized spacial score (nSPS) is 19.0. The Bertz CT molecular complexity index is 1050. The summed E-state index contributed by atoms with van der Waals surface area (Å²) in [6, 6.07) is 14.6. The number of benzene rings is 2. The molecule has 1 unspecified atom stereocenters. The van der Waals surface area contributed by atoms with Gasteiger partial charge in [-0.05, 0) is 49.6 Å². The number of amides is 2. The number of fused-ring (bicyclic) bond motifs is 3. The first-order valence-electron chi connectivity index (χ1n) is 10.1. The first kappa shape index (κ1) is 17.8. The van der Waals surface area contributed by atoms with E-state index in [4.69, 9.17) is 9.15 Å². The highest BCUT2D eigenvalue weighted by Gasteiger charge is 2.31. The summed E-state index contributed by atoms with van der Waals surface area (Å²) < 4.78 is 11.5. The third-order valence-corrected chi connectivity index (χ3v) is 5.71. The van der Waals surface area contributed by atoms with E-state index in [1.165, 1.54) is 0 Å². The van der Waals surface area contributed by atoms with Crippen molar-refractivity contribution in [2.24, 2.45) is 0 Å². The summed E-state index contributed by atoms with van der Waals surface area (Å²) in [5.41, 5.74) is 1.70. The van der Waals surface area contributed by atoms with E-state index in [0.29, 0.717) is 29.2 Å². The minimum Gasteiger partial charge on any atom is -0.493 e. The van der Waals surface area contributed by atoms with Gasteiger partial charge in [0.25, 0.3) is 11.8 Å². The van der Waals surface area contributed by atoms with Gasteiger partial charge in [0.2, 0.25) is 0 Å². The first-order valence-corrected chi connectivity index (χ1v) is 10.1. The Labute approximate surface area is 168 Å². The third kappa shape index (κ3) is 3.35. The Morgan fingerprint density at radius 1 is 1.07 bits per heavy atom. The summed E-state index contributed by atoms with van der Waals surface area (Å²) in [4.78, 5) is 27.8. The number of ether oxygens (including phenoxy) is 1. The second-order valence-electron chi connectivity index (χ2n) is 7.60. The molecule has 2 aliphatic rings. The Hall–Kier alpha value is -3.28. The van der Waals surface area contributed by atoms with E-state index in [0.717, 1.165) is 37.6 Å². The van der Waals surface area contributed by atoms with Crippen LogP contribution in [0.1, 0.15) is 46.6 Å². The lowest BCUT2D eigenvalue weighted by Crippen LogP contribution is -2.45. The molecule has 3 heterocycles. The van der Waals surface area contributed by atoms with Crippen LogP contribution in [0.5, 0.6) is 5.75 Å². The van der Waals surface area contributed by atoms with Crippen LogP contribution in [0.4, 0.5) is 5.69 Å². The molecule has 6 heteroatoms. The summed E-state index contributed by atoms with van der Waals surface area (Å²) >= 11 is 0. The number of rotatable bonds is 2. The molecule has 1 atom stereocenters. The average molecular weight is 390 g/mol. The average Bonchev–Trinajstić information content (AvgIpc) is 3.18. The molecule has 2 amide bonds. The van der Waals surface area contributed by atoms with Crippen molar-refractivity contribution in [1.29, 1.82) is 0 Å². The van der Waals surface area contributed by atoms with Gasteiger partial charge < -0.3 is 19.4 Å². The maximum absolute atomic E-state index is 13.2. The van der Waals surface area contributed by atoms with Crippen molar-refractivity contribution in [1.82, 2.24) is 4.90 Å². The Morgan fingerprint density at radius 3 is 2.86 bits per heavy atom. The molecule has 0 saturated carbocycles. The van der Waals surface area contributed by atoms with Crippen molar-refractivity contribution < 1.29 is 18.7 Å². The van der Waals surface area contributed by atoms with Crippen LogP contribution in [0.3, 0.4) is 0 Å². The number of carbonyl (C=O) groups is 2. The summed E-state index contributed by atoms with van der Waals surface area (Å²) in [7, 11) is 0. The molecule has 0 aliphatic carbocycles. The monoisotopic (exact) mass is 390 g/mol. The van der Waals surface area contributed by atoms with Crippen LogP contribution in [-0.2, 0) is 0 Å². The smallest absolute Gasteiger partial charge is 0.291 e. The van der Waals surface area contributed by atoms with E-state index >= 15 is 0 Å². The van der Waals surface area contributed by atoms with Crippen molar-refractivity contribution >= 4 is 28.5 Å². The number of anilines is 1. The van der Waals surface area contributed by atoms with Crippen molar-refractivity contribution in [2.45, 2.75) is 31.7 Å². The van der Waals surface area contributed by atoms with Gasteiger partial charge in [0.15, 0.2) is 5.76 Å². The van der Waals surface area contributed by atoms with Gasteiger partial charge in [-0.25, -0.2) is 0 Å². The van der Waals surface area contributed by atoms with E-state index in [9.17, 15) is 9.59 Å². The van der Waals surface area contributed by atoms with Gasteiger partial charge in [-0.2, -0.15) is 0 Å². The van der Waals surface area contributed by atoms with E-state index in [1.54, 1.807) is 24.3 Å². The zero-order valence-electron chi connectivity index (χ0n) is 16.0. The molecule has 0 radical (unpaired) electrons. The lowest BCUT2D eigenvalue weighted by Gasteiger charge is -2.37. The minimum atomic E-state index is -0.351. The number of furan rings is 1. The van der Waals surface area contributed by atoms with Crippen molar-refractivity contribution in [3.8, 4) is 5.75 Å². The number of nitrogens with zero attached hydrogens (tertiary/aromatic N) is 1. The van der Waals surface area contributed by atoms with Gasteiger partial charge >= 0.3 is 0 Å². The Morgan fingerprint density at radius 2 is 1.97 bits per heavy atom. The van der Waals surface area contributed by atoms with Gasteiger partial charge in [0, 0.05) is 30.1 Å². The van der Waals surface area contributed by atoms with Crippen LogP contribution in [0.15, 0.2) is 52.9 Å². The van der Waals surface area contributed by atoms with Gasteiger partial charge in [-0.1, -0.05) is 18.2 Å². The van der Waals surface area contributed by atoms with Gasteiger partial charge in [-0.3, -0.25) is 9.59 Å². The topological polar surface area (TPSA) is 71.8 Å². The fraction of sp³-hybridized carbons (Fsp3) is 0.304. The fourth-order valence-corrected chi connectivity index (χ4v) is 4.21. The summed E-state index contributed by atoms with van der Waals surface area (Å²) in [5.74, 6) is 0.429. The standard InChI is InChI=1S/C23H22N2O4/c26-22(21-13-15-5-1-2-7-19(15)29-21)24-16-8-9-20-18(14-16)23(27)25-11-4-3-6-17(25)10-12-28-20/h1-2,5,7-9,13-14,17H,3-4,6,10-12H2,(H,24,26). The highest BCUT2D eigenvalue weighted by Crippen LogP contribution is 2.31. The number of hydrogen-bond donors (Lipinski definition) is 1. The molecule has 1 aromatic heterocycles. The van der Waals surface area contributed by atoms with Crippen LogP contribution < -0.4 is 10.1 Å². The van der Waals surface area contributed by atoms with Crippen LogP contribution >= 0.6 is 0 Å². The molecule has 0 bridgehead atoms. The number of carbonyl (C=O) groups excluding carboxylic acids is 2. The highest BCUT2D eigenvalue weighted by molar-refractivity contribution is 6.06. The lowest BCUT2D eigenvalue weighted by atomic mass is 9.97. The second-order valence-corrected chi connectivity index (χ2v) is 7.60. The summed E-state index contributed by atoms with van der Waals surface area (Å²) in [5, 5.41) is 3.71. The highest BCUT2D eigenvalue weighted by atomic mass is 16.5. The molecular formula is C23H22N2O4. The third-order valence-electron chi connectivity index (χ3n) is 5.71. The quantitative estimate of drug-likeness (QED) is 0.701. The molecule has 0 spiro atoms. The van der Waals surface area contributed by atoms with E-state index < -0.39 is 0 Å². The molecule has 148 valence electrons. The van der Waals surface area contributed by atoms with E-state index in [2.05, 4.69) is 5.32 Å². The predicted octanol–water partition coefficient (Wildman–Crippen LogP) is 4.46. The van der Waals surface area contributed by atoms with Crippen LogP contribution in [0.2, 0.25) is 0 Å². The van der Waals surface area contributed by atoms with Crippen LogP contribution in [0.25, 0.3) is 11.0 Å². The molecule has 2 aromatic carbocycles. The molecule has 6 nitrogen and oxygen atoms in total. The minimum absolute atomic E-state index is 0.0239. The molecule has 1 N–H and O–H groups in total. The van der Waals surface area contributed by atoms with Gasteiger partial charge in [-0.15, -0.1) is 0 Å². The summed E-state index contributed by atoms with van der Waals surface area (Å²) in [6.07, 6.45) is 4.05. The molecule has 5 rings (SSSR count). The number of para-hydroxylation sites is 1. The molecule has 1 fully saturated rings. The Kier molecular flexibility index (Phi) is 4.46. The van der Waals surface area contributed by atoms with Crippen molar-refractivity contribution in [2.75, 3.05) is 18.5 Å². The second kappa shape index (κ2) is 7.28. The maximum atomic E-state index is 13.2. The largest absolute Gasteiger partial charge is 0.493 e. The Balaban J connectivity index is 1.42. The lowest BCUT2D eigenvalue weighted by molar-refractivity contribution is 0.0548. The van der Waals surface area contributed by atoms with Gasteiger partial charge in [0.1, 0.15) is 11.3 Å². The zero-order chi connectivity index (χ0) is 19.8. The molecular weight excluding hydrogens is 368 g/mol. The van der Waals surface area contributed by atoms with Crippen molar-refractivity contribution in [3.05, 3.63) is 59.9 Å². The molecule has 29 heavy (non-hydrogen) atoms. The van der Waals surface area contributed by atoms with E-state index in [1.807, 2.05) is 29.2 Å². The molecule has 1 saturated heterocycles. The zero-order valence-corrected chi connectivity index (χ0v) is 16.0. The first-order chi connectivity index (χ1) is 14.2. The molecule has 2 aliphatic heterocycles. The fourth-order valence-electron chi connectivity index (χ4n) is 4.21. The number of hydrogen-bond acceptors (Lipinski definition) is 4. The van der Waals surface area contributed by atoms with Gasteiger partial charge in [0.05, 0.1) is 12.2 Å². The number of nitrogens with one attached hydrogen (secondary N) is 1. The summed E-state index contributed by atoms with van der Waals surface area (Å²) in [6.45, 7) is 1.37. The SMILES string of the molecule is O=C(Nc1ccc2c(c1)C(=O)N1CCCCC1CCO2)c1cc2ccccc2o1. The van der Waals surface area contributed by atoms with Crippen molar-refractivity contribution in [3.63, 3.8) is 0 Å². The van der Waals surface area contributed by atoms with E-state index in [-0.39, 0.29) is 23.6 Å².